The van der Waals surface area contributed by atoms with Gasteiger partial charge in [0.15, 0.2) is 0 Å². The van der Waals surface area contributed by atoms with Crippen molar-refractivity contribution >= 4 is 29.5 Å². The highest BCUT2D eigenvalue weighted by atomic mass is 16.7. The molecule has 3 rings (SSSR count). The van der Waals surface area contributed by atoms with Gasteiger partial charge in [0.05, 0.1) is 24.7 Å². The molecule has 2 bridgehead atoms. The number of amides is 3. The molecular formula is C45H64N4O10. The van der Waals surface area contributed by atoms with Gasteiger partial charge in [-0.3, -0.25) is 19.4 Å². The molecule has 1 fully saturated rings. The molecule has 14 nitrogen and oxygen atoms in total. The number of hydrogen-bond donors (Lipinski definition) is 5. The predicted octanol–water partition coefficient (Wildman–Crippen LogP) is 4.92. The van der Waals surface area contributed by atoms with Crippen molar-refractivity contribution in [1.29, 1.82) is 0 Å². The third-order valence-electron chi connectivity index (χ3n) is 10.2. The number of allylic oxidation sites excluding steroid dienone is 9. The predicted molar refractivity (Wildman–Crippen MR) is 225 cm³/mol. The molecule has 1 aliphatic carbocycles. The molecule has 2 aliphatic heterocycles. The summed E-state index contributed by atoms with van der Waals surface area (Å²) in [6.07, 6.45) is 21.4. The molecule has 2 heterocycles. The van der Waals surface area contributed by atoms with Crippen LogP contribution in [0.3, 0.4) is 0 Å². The van der Waals surface area contributed by atoms with E-state index in [1.165, 1.54) is 30.2 Å². The maximum Gasteiger partial charge on any atom is 0.331 e. The number of aliphatic hydroxyl groups excluding tert-OH is 2. The highest BCUT2D eigenvalue weighted by Gasteiger charge is 2.36. The Balaban J connectivity index is 1.96. The Hall–Kier alpha value is -4.89. The molecule has 0 saturated carbocycles. The average Bonchev–Trinajstić information content (AvgIpc) is 3.19. The van der Waals surface area contributed by atoms with Crippen LogP contribution in [0.5, 0.6) is 0 Å². The quantitative estimate of drug-likeness (QED) is 0.0871. The van der Waals surface area contributed by atoms with Gasteiger partial charge in [-0.2, -0.15) is 0 Å². The van der Waals surface area contributed by atoms with E-state index in [2.05, 4.69) is 22.6 Å². The number of hydrazine groups is 1. The third-order valence-corrected chi connectivity index (χ3v) is 10.2. The van der Waals surface area contributed by atoms with Gasteiger partial charge >= 0.3 is 5.97 Å². The number of hydrogen-bond acceptors (Lipinski definition) is 11. The number of rotatable bonds is 10. The molecule has 7 atom stereocenters. The van der Waals surface area contributed by atoms with Crippen LogP contribution in [0.1, 0.15) is 79.6 Å². The summed E-state index contributed by atoms with van der Waals surface area (Å²) >= 11 is 0. The van der Waals surface area contributed by atoms with Crippen molar-refractivity contribution in [2.24, 2.45) is 17.8 Å². The van der Waals surface area contributed by atoms with Crippen LogP contribution in [-0.2, 0) is 38.2 Å². The maximum absolute atomic E-state index is 14.2. The van der Waals surface area contributed by atoms with Crippen LogP contribution in [-0.4, -0.2) is 102 Å². The van der Waals surface area contributed by atoms with Gasteiger partial charge in [0.25, 0.3) is 5.91 Å². The van der Waals surface area contributed by atoms with Crippen LogP contribution < -0.4 is 16.1 Å². The summed E-state index contributed by atoms with van der Waals surface area (Å²) in [6.45, 7) is 12.8. The van der Waals surface area contributed by atoms with Gasteiger partial charge in [0.1, 0.15) is 37.0 Å². The zero-order chi connectivity index (χ0) is 43.3. The number of carbonyl (C=O) groups is 5. The normalized spacial score (nSPS) is 28.2. The number of esters is 1. The summed E-state index contributed by atoms with van der Waals surface area (Å²) in [4.78, 5) is 66.1. The Labute approximate surface area is 348 Å². The molecule has 5 N–H and O–H groups in total. The number of aliphatic hydroxyl groups is 2. The van der Waals surface area contributed by atoms with Crippen molar-refractivity contribution < 1.29 is 48.4 Å². The molecule has 0 aromatic carbocycles. The lowest BCUT2D eigenvalue weighted by Crippen LogP contribution is -2.61. The molecule has 324 valence electrons. The van der Waals surface area contributed by atoms with E-state index in [9.17, 15) is 34.2 Å². The van der Waals surface area contributed by atoms with Crippen LogP contribution >= 0.6 is 0 Å². The number of carbonyl (C=O) groups excluding carboxylic acids is 5. The topological polar surface area (TPSA) is 193 Å². The van der Waals surface area contributed by atoms with Crippen LogP contribution in [0, 0.1) is 17.8 Å². The largest absolute Gasteiger partial charge is 0.508 e. The number of ether oxygens (including phenoxy) is 3. The Morgan fingerprint density at radius 1 is 1.08 bits per heavy atom. The van der Waals surface area contributed by atoms with E-state index in [-0.39, 0.29) is 56.4 Å². The van der Waals surface area contributed by atoms with Crippen molar-refractivity contribution in [3.05, 3.63) is 96.4 Å². The summed E-state index contributed by atoms with van der Waals surface area (Å²) < 4.78 is 17.1. The number of fused-ring (bicyclic) bond motifs is 2. The third kappa shape index (κ3) is 17.1. The van der Waals surface area contributed by atoms with Crippen LogP contribution in [0.4, 0.5) is 0 Å². The maximum atomic E-state index is 14.2. The molecule has 7 unspecified atom stereocenters. The number of Topliss-reactive ketones (excluding diaryl/α,β-unsaturated/α-hetero) is 1. The first-order valence-corrected chi connectivity index (χ1v) is 20.5. The van der Waals surface area contributed by atoms with Crippen LogP contribution in [0.25, 0.3) is 0 Å². The molecule has 3 aliphatic rings. The molecule has 0 aromatic rings. The van der Waals surface area contributed by atoms with E-state index in [4.69, 9.17) is 14.2 Å². The van der Waals surface area contributed by atoms with Gasteiger partial charge < -0.3 is 39.9 Å². The minimum absolute atomic E-state index is 0.0121. The van der Waals surface area contributed by atoms with Gasteiger partial charge in [0.2, 0.25) is 11.8 Å². The monoisotopic (exact) mass is 820 g/mol. The summed E-state index contributed by atoms with van der Waals surface area (Å²) in [5, 5.41) is 28.8. The van der Waals surface area contributed by atoms with Gasteiger partial charge in [-0.25, -0.2) is 10.2 Å². The van der Waals surface area contributed by atoms with E-state index in [0.717, 1.165) is 5.57 Å². The average molecular weight is 821 g/mol. The lowest BCUT2D eigenvalue weighted by Gasteiger charge is -2.36. The van der Waals surface area contributed by atoms with Gasteiger partial charge in [-0.05, 0) is 93.6 Å². The fraction of sp³-hybridized carbons (Fsp3) is 0.533. The van der Waals surface area contributed by atoms with E-state index in [0.29, 0.717) is 44.2 Å². The molecule has 59 heavy (non-hydrogen) atoms. The second-order valence-electron chi connectivity index (χ2n) is 15.6. The summed E-state index contributed by atoms with van der Waals surface area (Å²) in [5.41, 5.74) is 4.68. The lowest BCUT2D eigenvalue weighted by molar-refractivity contribution is -0.142. The van der Waals surface area contributed by atoms with E-state index >= 15 is 0 Å². The molecule has 14 heteroatoms. The van der Waals surface area contributed by atoms with Gasteiger partial charge in [-0.1, -0.05) is 76.0 Å². The first-order chi connectivity index (χ1) is 28.2. The molecule has 3 amide bonds. The first kappa shape index (κ1) is 48.5. The lowest BCUT2D eigenvalue weighted by atomic mass is 9.85. The van der Waals surface area contributed by atoms with E-state index in [1.807, 2.05) is 38.2 Å². The second-order valence-corrected chi connectivity index (χ2v) is 15.6. The zero-order valence-corrected chi connectivity index (χ0v) is 35.1. The van der Waals surface area contributed by atoms with Crippen molar-refractivity contribution in [1.82, 2.24) is 21.1 Å². The minimum atomic E-state index is -1.17. The molecule has 0 spiro atoms. The van der Waals surface area contributed by atoms with Gasteiger partial charge in [-0.15, -0.1) is 0 Å². The highest BCUT2D eigenvalue weighted by Crippen LogP contribution is 2.23. The number of ketones is 1. The van der Waals surface area contributed by atoms with Crippen molar-refractivity contribution in [2.75, 3.05) is 26.6 Å². The smallest absolute Gasteiger partial charge is 0.331 e. The van der Waals surface area contributed by atoms with Crippen LogP contribution in [0.2, 0.25) is 0 Å². The van der Waals surface area contributed by atoms with Gasteiger partial charge in [0, 0.05) is 25.1 Å². The molecular weight excluding hydrogens is 757 g/mol. The van der Waals surface area contributed by atoms with Crippen molar-refractivity contribution in [2.45, 2.75) is 110 Å². The summed E-state index contributed by atoms with van der Waals surface area (Å²) in [5.74, 6) is -4.00. The Morgan fingerprint density at radius 3 is 2.53 bits per heavy atom. The SMILES string of the molecule is C=CCOC(=O)C=CC=C(C)C1CC=CC=CCC(C)C(O)C(CCC(C)=O)C(=O)NC(C(C)C)C(=O)NC(C=C2C=C(O)C=CC2)C(=O)N2CCCC(COCO1)N2. The fourth-order valence-corrected chi connectivity index (χ4v) is 6.75. The summed E-state index contributed by atoms with van der Waals surface area (Å²) in [7, 11) is 0. The standard InChI is InChI=1S/C45H64N4O10/c1-7-25-58-40(52)21-12-16-31(4)39-20-11-9-8-10-15-32(5)42(53)37(23-22-33(6)50)43(54)47-41(30(2)3)44(55)46-38(27-34-17-13-19-36(51)26-34)45(56)49-24-14-18-35(48-49)28-57-29-59-39/h7-13,16,19,21,26-27,30,32,35,37-39,41-42,48,51,53H,1,14-15,17-18,20,22-25,28-29H2,2-6H3,(H,46,55)(H,47,54). The molecule has 0 aromatic heterocycles. The molecule has 1 saturated heterocycles. The Morgan fingerprint density at radius 2 is 1.83 bits per heavy atom. The Bertz CT molecular complexity index is 1680. The van der Waals surface area contributed by atoms with E-state index in [1.54, 1.807) is 44.2 Å². The number of nitrogens with zero attached hydrogens (tertiary/aromatic N) is 1. The van der Waals surface area contributed by atoms with E-state index < -0.39 is 59.8 Å². The van der Waals surface area contributed by atoms with Crippen molar-refractivity contribution in [3.8, 4) is 0 Å². The minimum Gasteiger partial charge on any atom is -0.508 e. The molecule has 0 radical (unpaired) electrons. The van der Waals surface area contributed by atoms with Crippen molar-refractivity contribution in [3.63, 3.8) is 0 Å². The Kier molecular flexibility index (Phi) is 21.0. The first-order valence-electron chi connectivity index (χ1n) is 20.5. The van der Waals surface area contributed by atoms with Crippen LogP contribution in [0.15, 0.2) is 96.4 Å². The summed E-state index contributed by atoms with van der Waals surface area (Å²) in [6, 6.07) is -2.49. The number of nitrogens with one attached hydrogen (secondary N) is 3. The zero-order valence-electron chi connectivity index (χ0n) is 35.1. The highest BCUT2D eigenvalue weighted by molar-refractivity contribution is 5.94. The fourth-order valence-electron chi connectivity index (χ4n) is 6.75. The second kappa shape index (κ2) is 25.6.